The molecule has 1 rings (SSSR count). The first-order valence-electron chi connectivity index (χ1n) is 4.46. The van der Waals surface area contributed by atoms with Gasteiger partial charge in [-0.05, 0) is 12.0 Å². The van der Waals surface area contributed by atoms with Crippen LogP contribution in [0.5, 0.6) is 0 Å². The van der Waals surface area contributed by atoms with Gasteiger partial charge in [0.2, 0.25) is 0 Å². The molecule has 0 atom stereocenters. The topological polar surface area (TPSA) is 86.5 Å². The maximum Gasteiger partial charge on any atom is 0.269 e. The summed E-state index contributed by atoms with van der Waals surface area (Å²) in [5.41, 5.74) is 0.699. The van der Waals surface area contributed by atoms with E-state index in [4.69, 9.17) is 0 Å². The first-order valence-corrected chi connectivity index (χ1v) is 6.04. The summed E-state index contributed by atoms with van der Waals surface area (Å²) in [6.07, 6.45) is 0.272. The molecule has 0 saturated heterocycles. The summed E-state index contributed by atoms with van der Waals surface area (Å²) >= 11 is 0. The van der Waals surface area contributed by atoms with Crippen LogP contribution in [-0.4, -0.2) is 26.2 Å². The van der Waals surface area contributed by atoms with E-state index < -0.39 is 15.0 Å². The first-order chi connectivity index (χ1) is 7.44. The number of nitro benzene ring substituents is 1. The Morgan fingerprint density at radius 1 is 1.31 bits per heavy atom. The van der Waals surface area contributed by atoms with Gasteiger partial charge in [0.15, 0.2) is 0 Å². The van der Waals surface area contributed by atoms with Crippen LogP contribution in [0.4, 0.5) is 5.69 Å². The lowest BCUT2D eigenvalue weighted by molar-refractivity contribution is -0.384. The standard InChI is InChI=1S/C9H11NO5S/c1-15-16(13,14)7-6-8-2-4-9(5-3-8)10(11)12/h2-5H,6-7H2,1H3. The van der Waals surface area contributed by atoms with Gasteiger partial charge >= 0.3 is 0 Å². The van der Waals surface area contributed by atoms with Crippen LogP contribution in [0.25, 0.3) is 0 Å². The molecule has 1 aromatic carbocycles. The van der Waals surface area contributed by atoms with Crippen molar-refractivity contribution in [3.8, 4) is 0 Å². The molecule has 0 heterocycles. The van der Waals surface area contributed by atoms with Crippen molar-refractivity contribution < 1.29 is 17.5 Å². The number of aryl methyl sites for hydroxylation is 1. The van der Waals surface area contributed by atoms with E-state index in [1.807, 2.05) is 0 Å². The largest absolute Gasteiger partial charge is 0.273 e. The lowest BCUT2D eigenvalue weighted by atomic mass is 10.1. The van der Waals surface area contributed by atoms with Crippen LogP contribution in [-0.2, 0) is 20.7 Å². The quantitative estimate of drug-likeness (QED) is 0.440. The number of hydrogen-bond acceptors (Lipinski definition) is 5. The minimum absolute atomic E-state index is 0.0154. The molecule has 0 aliphatic heterocycles. The van der Waals surface area contributed by atoms with Gasteiger partial charge in [-0.15, -0.1) is 0 Å². The Balaban J connectivity index is 2.66. The molecule has 0 spiro atoms. The highest BCUT2D eigenvalue weighted by Crippen LogP contribution is 2.12. The minimum Gasteiger partial charge on any atom is -0.273 e. The second kappa shape index (κ2) is 5.04. The molecule has 1 aromatic rings. The van der Waals surface area contributed by atoms with Crippen molar-refractivity contribution in [1.29, 1.82) is 0 Å². The number of benzene rings is 1. The zero-order chi connectivity index (χ0) is 12.2. The van der Waals surface area contributed by atoms with E-state index in [1.54, 1.807) is 0 Å². The van der Waals surface area contributed by atoms with Crippen molar-refractivity contribution in [2.45, 2.75) is 6.42 Å². The summed E-state index contributed by atoms with van der Waals surface area (Å²) in [5, 5.41) is 10.4. The van der Waals surface area contributed by atoms with Crippen LogP contribution in [0, 0.1) is 10.1 Å². The lowest BCUT2D eigenvalue weighted by Gasteiger charge is -2.01. The van der Waals surface area contributed by atoms with Crippen LogP contribution in [0.15, 0.2) is 24.3 Å². The first kappa shape index (κ1) is 12.6. The summed E-state index contributed by atoms with van der Waals surface area (Å²) < 4.78 is 26.3. The zero-order valence-corrected chi connectivity index (χ0v) is 9.44. The third-order valence-corrected chi connectivity index (χ3v) is 3.25. The van der Waals surface area contributed by atoms with Crippen molar-refractivity contribution in [2.75, 3.05) is 12.9 Å². The van der Waals surface area contributed by atoms with Gasteiger partial charge in [0.1, 0.15) is 0 Å². The molecule has 0 unspecified atom stereocenters. The molecule has 6 nitrogen and oxygen atoms in total. The van der Waals surface area contributed by atoms with Gasteiger partial charge in [-0.2, -0.15) is 8.42 Å². The fraction of sp³-hybridized carbons (Fsp3) is 0.333. The minimum atomic E-state index is -3.48. The molecule has 0 aromatic heterocycles. The van der Waals surface area contributed by atoms with Crippen molar-refractivity contribution >= 4 is 15.8 Å². The van der Waals surface area contributed by atoms with E-state index in [0.29, 0.717) is 5.56 Å². The highest BCUT2D eigenvalue weighted by Gasteiger charge is 2.09. The molecular formula is C9H11NO5S. The van der Waals surface area contributed by atoms with E-state index in [0.717, 1.165) is 7.11 Å². The number of hydrogen-bond donors (Lipinski definition) is 0. The molecule has 7 heteroatoms. The summed E-state index contributed by atoms with van der Waals surface area (Å²) in [4.78, 5) is 9.86. The van der Waals surface area contributed by atoms with Gasteiger partial charge in [0, 0.05) is 12.1 Å². The van der Waals surface area contributed by atoms with Crippen molar-refractivity contribution in [2.24, 2.45) is 0 Å². The van der Waals surface area contributed by atoms with Crippen LogP contribution >= 0.6 is 0 Å². The Bertz CT molecular complexity index is 465. The van der Waals surface area contributed by atoms with Gasteiger partial charge < -0.3 is 0 Å². The SMILES string of the molecule is COS(=O)(=O)CCc1ccc([N+](=O)[O-])cc1. The van der Waals surface area contributed by atoms with Crippen LogP contribution in [0.3, 0.4) is 0 Å². The molecular weight excluding hydrogens is 234 g/mol. The molecule has 0 fully saturated rings. The molecule has 0 N–H and O–H groups in total. The Kier molecular flexibility index (Phi) is 3.97. The highest BCUT2D eigenvalue weighted by molar-refractivity contribution is 7.86. The second-order valence-corrected chi connectivity index (χ2v) is 4.96. The van der Waals surface area contributed by atoms with Gasteiger partial charge in [-0.25, -0.2) is 0 Å². The number of nitro groups is 1. The fourth-order valence-electron chi connectivity index (χ4n) is 1.11. The monoisotopic (exact) mass is 245 g/mol. The number of rotatable bonds is 5. The van der Waals surface area contributed by atoms with Crippen molar-refractivity contribution in [3.63, 3.8) is 0 Å². The molecule has 0 aliphatic rings. The van der Waals surface area contributed by atoms with E-state index in [2.05, 4.69) is 4.18 Å². The molecule has 88 valence electrons. The van der Waals surface area contributed by atoms with E-state index >= 15 is 0 Å². The Morgan fingerprint density at radius 3 is 2.31 bits per heavy atom. The molecule has 0 saturated carbocycles. The van der Waals surface area contributed by atoms with E-state index in [-0.39, 0.29) is 17.9 Å². The van der Waals surface area contributed by atoms with Gasteiger partial charge in [0.25, 0.3) is 15.8 Å². The average Bonchev–Trinajstić information content (AvgIpc) is 2.27. The normalized spacial score (nSPS) is 11.3. The average molecular weight is 245 g/mol. The van der Waals surface area contributed by atoms with Gasteiger partial charge in [-0.3, -0.25) is 14.3 Å². The molecule has 0 aliphatic carbocycles. The number of nitrogens with zero attached hydrogens (tertiary/aromatic N) is 1. The van der Waals surface area contributed by atoms with E-state index in [1.165, 1.54) is 24.3 Å². The predicted octanol–water partition coefficient (Wildman–Crippen LogP) is 1.11. The van der Waals surface area contributed by atoms with Crippen LogP contribution in [0.2, 0.25) is 0 Å². The fourth-order valence-corrected chi connectivity index (χ4v) is 1.76. The summed E-state index contributed by atoms with van der Waals surface area (Å²) in [6, 6.07) is 5.75. The Labute approximate surface area is 93.1 Å². The molecule has 16 heavy (non-hydrogen) atoms. The van der Waals surface area contributed by atoms with Crippen molar-refractivity contribution in [3.05, 3.63) is 39.9 Å². The lowest BCUT2D eigenvalue weighted by Crippen LogP contribution is -2.09. The maximum atomic E-state index is 11.0. The second-order valence-electron chi connectivity index (χ2n) is 3.10. The zero-order valence-electron chi connectivity index (χ0n) is 8.62. The van der Waals surface area contributed by atoms with Gasteiger partial charge in [0.05, 0.1) is 17.8 Å². The van der Waals surface area contributed by atoms with E-state index in [9.17, 15) is 18.5 Å². The summed E-state index contributed by atoms with van der Waals surface area (Å²) in [5.74, 6) is -0.138. The molecule has 0 radical (unpaired) electrons. The Morgan fingerprint density at radius 2 is 1.88 bits per heavy atom. The predicted molar refractivity (Wildman–Crippen MR) is 57.6 cm³/mol. The molecule has 0 amide bonds. The smallest absolute Gasteiger partial charge is 0.269 e. The van der Waals surface area contributed by atoms with Gasteiger partial charge in [-0.1, -0.05) is 12.1 Å². The summed E-state index contributed by atoms with van der Waals surface area (Å²) in [7, 11) is -2.38. The van der Waals surface area contributed by atoms with Crippen molar-refractivity contribution in [1.82, 2.24) is 0 Å². The Hall–Kier alpha value is -1.47. The third kappa shape index (κ3) is 3.59. The molecule has 0 bridgehead atoms. The number of non-ortho nitro benzene ring substituents is 1. The van der Waals surface area contributed by atoms with Crippen LogP contribution in [0.1, 0.15) is 5.56 Å². The maximum absolute atomic E-state index is 11.0. The highest BCUT2D eigenvalue weighted by atomic mass is 32.2. The summed E-state index contributed by atoms with van der Waals surface area (Å²) in [6.45, 7) is 0. The van der Waals surface area contributed by atoms with Crippen LogP contribution < -0.4 is 0 Å². The third-order valence-electron chi connectivity index (χ3n) is 2.04.